The van der Waals surface area contributed by atoms with Gasteiger partial charge in [-0.2, -0.15) is 0 Å². The first-order valence-corrected chi connectivity index (χ1v) is 25.1. The summed E-state index contributed by atoms with van der Waals surface area (Å²) in [5, 5.41) is 8.75. The van der Waals surface area contributed by atoms with Crippen molar-refractivity contribution in [3.63, 3.8) is 0 Å². The minimum Gasteiger partial charge on any atom is -0.456 e. The lowest BCUT2D eigenvalue weighted by atomic mass is 9.43. The maximum Gasteiger partial charge on any atom is 0.333 e. The van der Waals surface area contributed by atoms with Crippen LogP contribution in [0.2, 0.25) is 0 Å². The van der Waals surface area contributed by atoms with E-state index in [0.29, 0.717) is 0 Å². The number of fused-ring (bicyclic) bond motifs is 18. The van der Waals surface area contributed by atoms with Crippen molar-refractivity contribution in [3.05, 3.63) is 162 Å². The molecule has 0 fully saturated rings. The molecule has 2 aliphatic heterocycles. The molecule has 12 aromatic rings. The van der Waals surface area contributed by atoms with Crippen LogP contribution < -0.4 is 15.7 Å². The summed E-state index contributed by atoms with van der Waals surface area (Å²) in [4.78, 5) is 2.65. The van der Waals surface area contributed by atoms with Crippen molar-refractivity contribution in [1.29, 1.82) is 0 Å². The predicted molar refractivity (Wildman–Crippen MR) is 289 cm³/mol. The van der Waals surface area contributed by atoms with Crippen LogP contribution in [-0.4, -0.2) is 11.4 Å². The van der Waals surface area contributed by atoms with E-state index in [2.05, 4.69) is 203 Å². The van der Waals surface area contributed by atoms with Crippen molar-refractivity contribution in [2.75, 3.05) is 4.81 Å². The molecule has 0 saturated carbocycles. The lowest BCUT2D eigenvalue weighted by Crippen LogP contribution is -2.60. The molecular formula is C62H49BN2O2S. The number of nitrogens with zero attached hydrogens (tertiary/aromatic N) is 2. The third-order valence-electron chi connectivity index (χ3n) is 16.4. The molecule has 0 saturated heterocycles. The monoisotopic (exact) mass is 896 g/mol. The van der Waals surface area contributed by atoms with Crippen LogP contribution in [0.25, 0.3) is 103 Å². The average molecular weight is 897 g/mol. The lowest BCUT2D eigenvalue weighted by Gasteiger charge is -2.42. The van der Waals surface area contributed by atoms with Crippen molar-refractivity contribution in [3.8, 4) is 28.1 Å². The van der Waals surface area contributed by atoms with Crippen LogP contribution in [0.3, 0.4) is 0 Å². The second kappa shape index (κ2) is 12.9. The Hall–Kier alpha value is -7.02. The van der Waals surface area contributed by atoms with Gasteiger partial charge in [0.2, 0.25) is 0 Å². The normalized spacial score (nSPS) is 15.9. The Balaban J connectivity index is 1.18. The van der Waals surface area contributed by atoms with E-state index in [0.717, 1.165) is 68.4 Å². The Kier molecular flexibility index (Phi) is 7.43. The average Bonchev–Trinajstić information content (AvgIpc) is 4.11. The number of thiophene rings is 1. The van der Waals surface area contributed by atoms with Gasteiger partial charge in [0.1, 0.15) is 22.5 Å². The minimum atomic E-state index is -0.175. The highest BCUT2D eigenvalue weighted by Gasteiger charge is 2.47. The summed E-state index contributed by atoms with van der Waals surface area (Å²) in [5.41, 5.74) is 19.4. The van der Waals surface area contributed by atoms with E-state index in [4.69, 9.17) is 8.83 Å². The Morgan fingerprint density at radius 1 is 0.603 bits per heavy atom. The van der Waals surface area contributed by atoms with Gasteiger partial charge in [0.15, 0.2) is 0 Å². The Bertz CT molecular complexity index is 4190. The molecule has 0 N–H and O–H groups in total. The molecule has 0 bridgehead atoms. The molecule has 68 heavy (non-hydrogen) atoms. The standard InChI is InChI=1S/C62H49BN2O2S/c1-60(2,3)36-21-23-37(24-22-36)65-47-32-52-40(38-17-11-13-19-49(38)66-52)29-41(47)56-57-58-54(55-39-18-12-14-20-53(39)68-59(55)56)42-30-43-44(62(6,7)26-25-61(43,4)5)31-46(42)64(58)48-33-51-35(27-45(48)63(57)65)28-50(67-51)34-15-9-8-10-16-34/h8-24,27-33H,25-26H2,1-7H3. The summed E-state index contributed by atoms with van der Waals surface area (Å²) < 4.78 is 19.0. The van der Waals surface area contributed by atoms with Crippen molar-refractivity contribution in [2.45, 2.75) is 77.6 Å². The van der Waals surface area contributed by atoms with Crippen molar-refractivity contribution >= 4 is 115 Å². The number of hydrogen-bond acceptors (Lipinski definition) is 4. The first-order valence-electron chi connectivity index (χ1n) is 24.3. The van der Waals surface area contributed by atoms with Gasteiger partial charge in [0, 0.05) is 93.0 Å². The molecule has 1 aliphatic carbocycles. The lowest BCUT2D eigenvalue weighted by molar-refractivity contribution is 0.332. The van der Waals surface area contributed by atoms with E-state index in [1.165, 1.54) is 86.4 Å². The van der Waals surface area contributed by atoms with E-state index < -0.39 is 0 Å². The number of benzene rings is 8. The van der Waals surface area contributed by atoms with Crippen LogP contribution in [0, 0.1) is 0 Å². The highest BCUT2D eigenvalue weighted by molar-refractivity contribution is 7.27. The van der Waals surface area contributed by atoms with Gasteiger partial charge in [-0.3, -0.25) is 0 Å². The van der Waals surface area contributed by atoms with Gasteiger partial charge < -0.3 is 18.2 Å². The molecule has 6 heteroatoms. The van der Waals surface area contributed by atoms with Crippen molar-refractivity contribution < 1.29 is 8.83 Å². The number of rotatable bonds is 2. The molecule has 0 radical (unpaired) electrons. The maximum atomic E-state index is 6.92. The fourth-order valence-electron chi connectivity index (χ4n) is 12.7. The zero-order chi connectivity index (χ0) is 45.7. The largest absolute Gasteiger partial charge is 0.456 e. The quantitative estimate of drug-likeness (QED) is 0.162. The summed E-state index contributed by atoms with van der Waals surface area (Å²) >= 11 is 1.96. The number of para-hydroxylation sites is 1. The molecule has 4 nitrogen and oxygen atoms in total. The molecule has 4 aromatic heterocycles. The van der Waals surface area contributed by atoms with E-state index in [-0.39, 0.29) is 23.1 Å². The molecule has 328 valence electrons. The highest BCUT2D eigenvalue weighted by Crippen LogP contribution is 2.56. The summed E-state index contributed by atoms with van der Waals surface area (Å²) in [7, 11) is 0. The second-order valence-corrected chi connectivity index (χ2v) is 23.3. The number of hydrogen-bond donors (Lipinski definition) is 0. The van der Waals surface area contributed by atoms with Crippen LogP contribution in [-0.2, 0) is 16.2 Å². The van der Waals surface area contributed by atoms with E-state index in [1.807, 2.05) is 11.3 Å². The van der Waals surface area contributed by atoms with Crippen molar-refractivity contribution in [2.24, 2.45) is 0 Å². The van der Waals surface area contributed by atoms with Crippen LogP contribution in [0.15, 0.2) is 154 Å². The first-order chi connectivity index (χ1) is 32.8. The molecule has 0 atom stereocenters. The maximum absolute atomic E-state index is 6.92. The topological polar surface area (TPSA) is 34.5 Å². The van der Waals surface area contributed by atoms with Gasteiger partial charge in [-0.05, 0) is 105 Å². The van der Waals surface area contributed by atoms with Crippen LogP contribution in [0.5, 0.6) is 0 Å². The van der Waals surface area contributed by atoms with Gasteiger partial charge in [-0.1, -0.05) is 133 Å². The number of anilines is 2. The molecule has 0 spiro atoms. The molecule has 15 rings (SSSR count). The zero-order valence-electron chi connectivity index (χ0n) is 39.5. The summed E-state index contributed by atoms with van der Waals surface area (Å²) in [5.74, 6) is 0.879. The van der Waals surface area contributed by atoms with Gasteiger partial charge >= 0.3 is 6.85 Å². The molecular weight excluding hydrogens is 848 g/mol. The Labute approximate surface area is 399 Å². The predicted octanol–water partition coefficient (Wildman–Crippen LogP) is 16.3. The van der Waals surface area contributed by atoms with Crippen LogP contribution in [0.1, 0.15) is 78.0 Å². The minimum absolute atomic E-state index is 0.00828. The van der Waals surface area contributed by atoms with Gasteiger partial charge in [-0.25, -0.2) is 0 Å². The fraction of sp³-hybridized carbons (Fsp3) is 0.194. The van der Waals surface area contributed by atoms with E-state index >= 15 is 0 Å². The summed E-state index contributed by atoms with van der Waals surface area (Å²) in [6.07, 6.45) is 2.31. The van der Waals surface area contributed by atoms with Crippen LogP contribution >= 0.6 is 11.3 Å². The molecule has 8 aromatic carbocycles. The van der Waals surface area contributed by atoms with Gasteiger partial charge in [0.25, 0.3) is 0 Å². The number of aromatic nitrogens is 1. The zero-order valence-corrected chi connectivity index (χ0v) is 40.3. The third kappa shape index (κ3) is 5.06. The van der Waals surface area contributed by atoms with E-state index in [1.54, 1.807) is 0 Å². The second-order valence-electron chi connectivity index (χ2n) is 22.3. The van der Waals surface area contributed by atoms with Crippen LogP contribution in [0.4, 0.5) is 11.4 Å². The molecule has 6 heterocycles. The van der Waals surface area contributed by atoms with Crippen molar-refractivity contribution in [1.82, 2.24) is 4.57 Å². The van der Waals surface area contributed by atoms with E-state index in [9.17, 15) is 0 Å². The Morgan fingerprint density at radius 3 is 2.09 bits per heavy atom. The molecule has 0 amide bonds. The highest BCUT2D eigenvalue weighted by atomic mass is 32.1. The third-order valence-corrected chi connectivity index (χ3v) is 17.6. The Morgan fingerprint density at radius 2 is 1.31 bits per heavy atom. The van der Waals surface area contributed by atoms with Gasteiger partial charge in [-0.15, -0.1) is 11.3 Å². The SMILES string of the molecule is CC(C)(C)c1ccc(N2B3c4cc5cc(-c6ccccc6)oc5cc4-n4c5cc6c(cc5c5c7c(sc8ccccc87)c(c3c54)-c3cc4c(cc32)oc2ccccc24)C(C)(C)CCC6(C)C)cc1. The fourth-order valence-corrected chi connectivity index (χ4v) is 14.0. The summed E-state index contributed by atoms with van der Waals surface area (Å²) in [6, 6.07) is 54.7. The summed E-state index contributed by atoms with van der Waals surface area (Å²) in [6.45, 7) is 16.6. The smallest absolute Gasteiger partial charge is 0.333 e. The molecule has 3 aliphatic rings. The number of furan rings is 2. The molecule has 0 unspecified atom stereocenters. The first kappa shape index (κ1) is 39.0. The van der Waals surface area contributed by atoms with Gasteiger partial charge in [0.05, 0.1) is 11.0 Å².